The van der Waals surface area contributed by atoms with E-state index in [-0.39, 0.29) is 11.5 Å². The monoisotopic (exact) mass is 411 g/mol. The zero-order chi connectivity index (χ0) is 20.9. The molecule has 1 aliphatic heterocycles. The molecular weight excluding hydrogens is 378 g/mol. The van der Waals surface area contributed by atoms with Gasteiger partial charge in [-0.3, -0.25) is 14.5 Å². The molecule has 0 radical (unpaired) electrons. The van der Waals surface area contributed by atoms with Gasteiger partial charge in [-0.15, -0.1) is 0 Å². The maximum Gasteiger partial charge on any atom is 0.254 e. The van der Waals surface area contributed by atoms with E-state index in [9.17, 15) is 9.59 Å². The lowest BCUT2D eigenvalue weighted by Gasteiger charge is -2.40. The standard InChI is InChI=1S/C24H33N3O3/c1-25-21-11-6-5-10-20(21)22(18-24(25)29)30-17-7-12-23(28)27-15-13-26(14-16-27)19-8-3-2-4-9-19/h5-6,10-11,18-19H,2-4,7-9,12-17H2,1H3. The number of para-hydroxylation sites is 1. The average Bonchev–Trinajstić information content (AvgIpc) is 2.80. The Morgan fingerprint density at radius 1 is 1.07 bits per heavy atom. The summed E-state index contributed by atoms with van der Waals surface area (Å²) in [6.45, 7) is 4.13. The molecule has 2 aromatic rings. The van der Waals surface area contributed by atoms with E-state index >= 15 is 0 Å². The van der Waals surface area contributed by atoms with Gasteiger partial charge in [-0.1, -0.05) is 31.4 Å². The molecule has 1 saturated heterocycles. The van der Waals surface area contributed by atoms with Gasteiger partial charge in [-0.05, 0) is 31.4 Å². The van der Waals surface area contributed by atoms with E-state index < -0.39 is 0 Å². The summed E-state index contributed by atoms with van der Waals surface area (Å²) in [6.07, 6.45) is 7.88. The van der Waals surface area contributed by atoms with Crippen molar-refractivity contribution < 1.29 is 9.53 Å². The highest BCUT2D eigenvalue weighted by Gasteiger charge is 2.26. The number of fused-ring (bicyclic) bond motifs is 1. The van der Waals surface area contributed by atoms with Gasteiger partial charge in [-0.25, -0.2) is 0 Å². The van der Waals surface area contributed by atoms with Crippen LogP contribution in [0.5, 0.6) is 5.75 Å². The lowest BCUT2D eigenvalue weighted by atomic mass is 9.94. The van der Waals surface area contributed by atoms with Gasteiger partial charge in [0.2, 0.25) is 5.91 Å². The number of amides is 1. The Morgan fingerprint density at radius 2 is 1.80 bits per heavy atom. The first kappa shape index (κ1) is 20.9. The molecule has 4 rings (SSSR count). The number of rotatable bonds is 6. The molecule has 1 saturated carbocycles. The molecule has 6 nitrogen and oxygen atoms in total. The van der Waals surface area contributed by atoms with E-state index in [0.717, 1.165) is 43.1 Å². The first-order valence-corrected chi connectivity index (χ1v) is 11.4. The van der Waals surface area contributed by atoms with Crippen molar-refractivity contribution in [3.8, 4) is 5.75 Å². The van der Waals surface area contributed by atoms with Crippen molar-refractivity contribution in [3.63, 3.8) is 0 Å². The molecule has 6 heteroatoms. The molecule has 0 atom stereocenters. The van der Waals surface area contributed by atoms with E-state index in [1.54, 1.807) is 11.6 Å². The van der Waals surface area contributed by atoms with Crippen molar-refractivity contribution in [3.05, 3.63) is 40.7 Å². The van der Waals surface area contributed by atoms with E-state index in [2.05, 4.69) is 4.90 Å². The number of hydrogen-bond donors (Lipinski definition) is 0. The Labute approximate surface area is 178 Å². The van der Waals surface area contributed by atoms with Gasteiger partial charge in [0.1, 0.15) is 5.75 Å². The van der Waals surface area contributed by atoms with Crippen LogP contribution in [-0.2, 0) is 11.8 Å². The molecule has 0 N–H and O–H groups in total. The zero-order valence-corrected chi connectivity index (χ0v) is 18.0. The second-order valence-corrected chi connectivity index (χ2v) is 8.58. The SMILES string of the molecule is Cn1c(=O)cc(OCCCC(=O)N2CCN(C3CCCCC3)CC2)c2ccccc21. The Bertz CT molecular complexity index is 925. The number of aryl methyl sites for hydroxylation is 1. The summed E-state index contributed by atoms with van der Waals surface area (Å²) in [4.78, 5) is 29.4. The predicted octanol–water partition coefficient (Wildman–Crippen LogP) is 3.17. The molecule has 0 spiro atoms. The summed E-state index contributed by atoms with van der Waals surface area (Å²) >= 11 is 0. The predicted molar refractivity (Wildman–Crippen MR) is 119 cm³/mol. The van der Waals surface area contributed by atoms with Crippen LogP contribution >= 0.6 is 0 Å². The third-order valence-electron chi connectivity index (χ3n) is 6.67. The molecule has 0 bridgehead atoms. The van der Waals surface area contributed by atoms with Gasteiger partial charge < -0.3 is 14.2 Å². The summed E-state index contributed by atoms with van der Waals surface area (Å²) in [5.74, 6) is 0.818. The largest absolute Gasteiger partial charge is 0.493 e. The van der Waals surface area contributed by atoms with E-state index in [1.807, 2.05) is 29.2 Å². The second kappa shape index (κ2) is 9.65. The smallest absolute Gasteiger partial charge is 0.254 e. The summed E-state index contributed by atoms with van der Waals surface area (Å²) in [6, 6.07) is 10.0. The third kappa shape index (κ3) is 4.69. The fraction of sp³-hybridized carbons (Fsp3) is 0.583. The fourth-order valence-corrected chi connectivity index (χ4v) is 4.85. The summed E-state index contributed by atoms with van der Waals surface area (Å²) < 4.78 is 7.52. The summed E-state index contributed by atoms with van der Waals surface area (Å²) in [5.41, 5.74) is 0.766. The molecule has 162 valence electrons. The number of pyridine rings is 1. The summed E-state index contributed by atoms with van der Waals surface area (Å²) in [7, 11) is 1.77. The average molecular weight is 412 g/mol. The molecule has 1 aromatic carbocycles. The Kier molecular flexibility index (Phi) is 6.72. The minimum absolute atomic E-state index is 0.0874. The zero-order valence-electron chi connectivity index (χ0n) is 18.0. The molecule has 30 heavy (non-hydrogen) atoms. The number of nitrogens with zero attached hydrogens (tertiary/aromatic N) is 3. The third-order valence-corrected chi connectivity index (χ3v) is 6.67. The van der Waals surface area contributed by atoms with Gasteiger partial charge in [0, 0.05) is 57.1 Å². The summed E-state index contributed by atoms with van der Waals surface area (Å²) in [5, 5.41) is 0.921. The quantitative estimate of drug-likeness (QED) is 0.685. The first-order chi connectivity index (χ1) is 14.6. The van der Waals surface area contributed by atoms with E-state index in [4.69, 9.17) is 4.74 Å². The second-order valence-electron chi connectivity index (χ2n) is 8.58. The Balaban J connectivity index is 1.24. The highest BCUT2D eigenvalue weighted by molar-refractivity contribution is 5.85. The van der Waals surface area contributed by atoms with Gasteiger partial charge in [0.05, 0.1) is 12.1 Å². The van der Waals surface area contributed by atoms with Crippen molar-refractivity contribution in [1.29, 1.82) is 0 Å². The number of hydrogen-bond acceptors (Lipinski definition) is 4. The maximum atomic E-state index is 12.6. The molecule has 2 aliphatic rings. The molecular formula is C24H33N3O3. The molecule has 1 aromatic heterocycles. The van der Waals surface area contributed by atoms with Crippen molar-refractivity contribution >= 4 is 16.8 Å². The van der Waals surface area contributed by atoms with Gasteiger partial charge >= 0.3 is 0 Å². The van der Waals surface area contributed by atoms with Gasteiger partial charge in [0.25, 0.3) is 5.56 Å². The molecule has 2 fully saturated rings. The van der Waals surface area contributed by atoms with Gasteiger partial charge in [-0.2, -0.15) is 0 Å². The van der Waals surface area contributed by atoms with Crippen LogP contribution in [0.4, 0.5) is 0 Å². The van der Waals surface area contributed by atoms with Crippen LogP contribution in [0, 0.1) is 0 Å². The highest BCUT2D eigenvalue weighted by atomic mass is 16.5. The number of carbonyl (C=O) groups is 1. The number of aromatic nitrogens is 1. The first-order valence-electron chi connectivity index (χ1n) is 11.4. The van der Waals surface area contributed by atoms with Crippen molar-refractivity contribution in [1.82, 2.24) is 14.4 Å². The van der Waals surface area contributed by atoms with Crippen LogP contribution in [0.15, 0.2) is 35.1 Å². The minimum Gasteiger partial charge on any atom is -0.493 e. The van der Waals surface area contributed by atoms with Crippen LogP contribution < -0.4 is 10.3 Å². The van der Waals surface area contributed by atoms with Crippen LogP contribution in [-0.4, -0.2) is 59.1 Å². The highest BCUT2D eigenvalue weighted by Crippen LogP contribution is 2.24. The van der Waals surface area contributed by atoms with Crippen molar-refractivity contribution in [2.45, 2.75) is 51.0 Å². The van der Waals surface area contributed by atoms with Crippen molar-refractivity contribution in [2.75, 3.05) is 32.8 Å². The van der Waals surface area contributed by atoms with Crippen LogP contribution in [0.1, 0.15) is 44.9 Å². The molecule has 1 amide bonds. The number of piperazine rings is 1. The fourth-order valence-electron chi connectivity index (χ4n) is 4.85. The van der Waals surface area contributed by atoms with E-state index in [0.29, 0.717) is 25.2 Å². The molecule has 0 unspecified atom stereocenters. The van der Waals surface area contributed by atoms with Crippen molar-refractivity contribution in [2.24, 2.45) is 7.05 Å². The molecule has 2 heterocycles. The van der Waals surface area contributed by atoms with E-state index in [1.165, 1.54) is 38.2 Å². The van der Waals surface area contributed by atoms with Crippen LogP contribution in [0.25, 0.3) is 10.9 Å². The topological polar surface area (TPSA) is 54.8 Å². The lowest BCUT2D eigenvalue weighted by molar-refractivity contribution is -0.133. The maximum absolute atomic E-state index is 12.6. The molecule has 1 aliphatic carbocycles. The normalized spacial score (nSPS) is 18.6. The number of benzene rings is 1. The lowest BCUT2D eigenvalue weighted by Crippen LogP contribution is -2.52. The van der Waals surface area contributed by atoms with Crippen LogP contribution in [0.2, 0.25) is 0 Å². The Hall–Kier alpha value is -2.34. The number of ether oxygens (including phenoxy) is 1. The minimum atomic E-state index is -0.0874. The van der Waals surface area contributed by atoms with Gasteiger partial charge in [0.15, 0.2) is 0 Å². The Morgan fingerprint density at radius 3 is 2.57 bits per heavy atom. The van der Waals surface area contributed by atoms with Crippen LogP contribution in [0.3, 0.4) is 0 Å². The number of carbonyl (C=O) groups excluding carboxylic acids is 1.